The van der Waals surface area contributed by atoms with Gasteiger partial charge in [0.15, 0.2) is 9.84 Å². The quantitative estimate of drug-likeness (QED) is 0.751. The van der Waals surface area contributed by atoms with E-state index in [2.05, 4.69) is 0 Å². The van der Waals surface area contributed by atoms with E-state index >= 15 is 0 Å². The second-order valence-corrected chi connectivity index (χ2v) is 12.3. The van der Waals surface area contributed by atoms with Crippen molar-refractivity contribution >= 4 is 31.2 Å². The molecule has 0 aliphatic carbocycles. The number of sulfone groups is 1. The van der Waals surface area contributed by atoms with E-state index in [4.69, 9.17) is 0 Å². The molecular weight excluding hydrogens is 402 g/mol. The van der Waals surface area contributed by atoms with Gasteiger partial charge in [-0.05, 0) is 67.8 Å². The van der Waals surface area contributed by atoms with Gasteiger partial charge in [0.25, 0.3) is 0 Å². The van der Waals surface area contributed by atoms with Crippen molar-refractivity contribution in [3.63, 3.8) is 0 Å². The summed E-state index contributed by atoms with van der Waals surface area (Å²) in [7, 11) is -7.15. The molecule has 1 aliphatic heterocycles. The lowest BCUT2D eigenvalue weighted by Crippen LogP contribution is -2.34. The zero-order valence-corrected chi connectivity index (χ0v) is 18.5. The predicted molar refractivity (Wildman–Crippen MR) is 110 cm³/mol. The van der Waals surface area contributed by atoms with Crippen LogP contribution in [0.5, 0.6) is 0 Å². The molecule has 1 unspecified atom stereocenters. The summed E-state index contributed by atoms with van der Waals surface area (Å²) in [6.45, 7) is 7.64. The molecule has 0 amide bonds. The summed E-state index contributed by atoms with van der Waals surface area (Å²) in [4.78, 5) is 1.11. The van der Waals surface area contributed by atoms with Crippen molar-refractivity contribution in [2.45, 2.75) is 44.3 Å². The lowest BCUT2D eigenvalue weighted by molar-refractivity contribution is 0.427. The molecule has 1 aromatic heterocycles. The highest BCUT2D eigenvalue weighted by Gasteiger charge is 2.37. The summed E-state index contributed by atoms with van der Waals surface area (Å²) in [5.74, 6) is -0.155. The van der Waals surface area contributed by atoms with E-state index in [9.17, 15) is 16.8 Å². The van der Waals surface area contributed by atoms with Gasteiger partial charge in [-0.3, -0.25) is 0 Å². The van der Waals surface area contributed by atoms with Crippen LogP contribution >= 0.6 is 11.3 Å². The largest absolute Gasteiger partial charge is 0.243 e. The molecule has 2 aromatic rings. The molecule has 1 saturated heterocycles. The van der Waals surface area contributed by atoms with E-state index in [1.807, 2.05) is 51.3 Å². The number of aryl methyl sites for hydroxylation is 2. The zero-order chi connectivity index (χ0) is 20.0. The highest BCUT2D eigenvalue weighted by molar-refractivity contribution is 7.92. The number of benzene rings is 1. The molecule has 8 heteroatoms. The Kier molecular flexibility index (Phi) is 5.55. The summed E-state index contributed by atoms with van der Waals surface area (Å²) in [5.41, 5.74) is 3.33. The van der Waals surface area contributed by atoms with Crippen LogP contribution in [0.2, 0.25) is 0 Å². The molecule has 0 radical (unpaired) electrons. The van der Waals surface area contributed by atoms with E-state index < -0.39 is 25.1 Å². The molecule has 0 N–H and O–H groups in total. The van der Waals surface area contributed by atoms with E-state index in [1.165, 1.54) is 15.6 Å². The standard InChI is InChI=1S/C19H25NO4S3/c1-13-12-14(2)16(4)19(15(13)3)27(23,24)20-8-7-18(17-6-5-10-25-17)26(21,22)11-9-20/h5-6,10,12,18H,7-9,11H2,1-4H3. The van der Waals surface area contributed by atoms with Crippen LogP contribution in [0.4, 0.5) is 0 Å². The van der Waals surface area contributed by atoms with Crippen LogP contribution in [0.15, 0.2) is 28.5 Å². The molecule has 1 atom stereocenters. The van der Waals surface area contributed by atoms with Crippen molar-refractivity contribution in [3.05, 3.63) is 50.7 Å². The first-order chi connectivity index (χ1) is 12.6. The third-order valence-electron chi connectivity index (χ3n) is 5.45. The number of hydrogen-bond donors (Lipinski definition) is 0. The average molecular weight is 428 g/mol. The second kappa shape index (κ2) is 7.31. The Labute approximate surface area is 166 Å². The normalized spacial score (nSPS) is 21.1. The molecule has 1 aromatic carbocycles. The van der Waals surface area contributed by atoms with Gasteiger partial charge in [0.05, 0.1) is 15.9 Å². The molecule has 0 spiro atoms. The molecular formula is C19H25NO4S3. The minimum atomic E-state index is -3.76. The molecule has 148 valence electrons. The highest BCUT2D eigenvalue weighted by atomic mass is 32.2. The van der Waals surface area contributed by atoms with Crippen LogP contribution < -0.4 is 0 Å². The molecule has 1 fully saturated rings. The van der Waals surface area contributed by atoms with E-state index in [0.29, 0.717) is 4.90 Å². The Morgan fingerprint density at radius 1 is 1.07 bits per heavy atom. The fourth-order valence-corrected chi connectivity index (χ4v) is 8.81. The van der Waals surface area contributed by atoms with Crippen LogP contribution in [-0.2, 0) is 19.9 Å². The van der Waals surface area contributed by atoms with Crippen LogP contribution in [0.25, 0.3) is 0 Å². The van der Waals surface area contributed by atoms with Crippen molar-refractivity contribution in [1.82, 2.24) is 4.31 Å². The number of thiophene rings is 1. The van der Waals surface area contributed by atoms with Crippen LogP contribution in [0, 0.1) is 27.7 Å². The zero-order valence-electron chi connectivity index (χ0n) is 16.0. The lowest BCUT2D eigenvalue weighted by Gasteiger charge is -2.23. The Balaban J connectivity index is 2.01. The smallest absolute Gasteiger partial charge is 0.228 e. The Hall–Kier alpha value is -1.22. The minimum absolute atomic E-state index is 0.00158. The van der Waals surface area contributed by atoms with E-state index in [1.54, 1.807) is 0 Å². The van der Waals surface area contributed by atoms with Gasteiger partial charge in [0.2, 0.25) is 10.0 Å². The Morgan fingerprint density at radius 3 is 2.26 bits per heavy atom. The molecule has 1 aliphatic rings. The Bertz CT molecular complexity index is 1030. The van der Waals surface area contributed by atoms with Gasteiger partial charge in [-0.2, -0.15) is 4.31 Å². The average Bonchev–Trinajstić information content (AvgIpc) is 3.04. The van der Waals surface area contributed by atoms with Crippen molar-refractivity contribution < 1.29 is 16.8 Å². The maximum absolute atomic E-state index is 13.4. The first-order valence-electron chi connectivity index (χ1n) is 8.88. The molecule has 2 heterocycles. The van der Waals surface area contributed by atoms with Gasteiger partial charge in [-0.1, -0.05) is 12.1 Å². The van der Waals surface area contributed by atoms with Crippen LogP contribution in [0.1, 0.15) is 38.8 Å². The third-order valence-corrected chi connectivity index (χ3v) is 10.9. The maximum atomic E-state index is 13.4. The summed E-state index contributed by atoms with van der Waals surface area (Å²) in [6.07, 6.45) is 0.283. The lowest BCUT2D eigenvalue weighted by atomic mass is 10.0. The molecule has 3 rings (SSSR count). The van der Waals surface area contributed by atoms with Crippen LogP contribution in [0.3, 0.4) is 0 Å². The van der Waals surface area contributed by atoms with Gasteiger partial charge in [0, 0.05) is 18.0 Å². The molecule has 0 bridgehead atoms. The summed E-state index contributed by atoms with van der Waals surface area (Å²) in [5, 5.41) is 1.23. The van der Waals surface area contributed by atoms with Gasteiger partial charge in [-0.15, -0.1) is 11.3 Å². The van der Waals surface area contributed by atoms with Crippen molar-refractivity contribution in [1.29, 1.82) is 0 Å². The fourth-order valence-electron chi connectivity index (χ4n) is 3.65. The number of sulfonamides is 1. The summed E-state index contributed by atoms with van der Waals surface area (Å²) >= 11 is 1.41. The summed E-state index contributed by atoms with van der Waals surface area (Å²) < 4.78 is 53.7. The number of rotatable bonds is 3. The predicted octanol–water partition coefficient (Wildman–Crippen LogP) is 3.53. The second-order valence-electron chi connectivity index (χ2n) is 7.15. The summed E-state index contributed by atoms with van der Waals surface area (Å²) in [6, 6.07) is 5.63. The van der Waals surface area contributed by atoms with Crippen molar-refractivity contribution in [2.75, 3.05) is 18.8 Å². The number of hydrogen-bond acceptors (Lipinski definition) is 5. The fraction of sp³-hybridized carbons (Fsp3) is 0.474. The van der Waals surface area contributed by atoms with Gasteiger partial charge in [-0.25, -0.2) is 16.8 Å². The van der Waals surface area contributed by atoms with E-state index in [-0.39, 0.29) is 25.3 Å². The van der Waals surface area contributed by atoms with Gasteiger partial charge >= 0.3 is 0 Å². The SMILES string of the molecule is Cc1cc(C)c(C)c(S(=O)(=O)N2CCC(c3cccs3)S(=O)(=O)CC2)c1C. The maximum Gasteiger partial charge on any atom is 0.243 e. The monoisotopic (exact) mass is 427 g/mol. The van der Waals surface area contributed by atoms with Gasteiger partial charge < -0.3 is 0 Å². The topological polar surface area (TPSA) is 71.5 Å². The van der Waals surface area contributed by atoms with Crippen molar-refractivity contribution in [3.8, 4) is 0 Å². The Morgan fingerprint density at radius 2 is 1.70 bits per heavy atom. The van der Waals surface area contributed by atoms with E-state index in [0.717, 1.165) is 27.1 Å². The third kappa shape index (κ3) is 3.72. The van der Waals surface area contributed by atoms with Crippen molar-refractivity contribution in [2.24, 2.45) is 0 Å². The highest BCUT2D eigenvalue weighted by Crippen LogP contribution is 2.35. The number of nitrogens with zero attached hydrogens (tertiary/aromatic N) is 1. The molecule has 27 heavy (non-hydrogen) atoms. The molecule has 0 saturated carbocycles. The first-order valence-corrected chi connectivity index (χ1v) is 12.9. The molecule has 5 nitrogen and oxygen atoms in total. The van der Waals surface area contributed by atoms with Gasteiger partial charge in [0.1, 0.15) is 0 Å². The van der Waals surface area contributed by atoms with Crippen LogP contribution in [-0.4, -0.2) is 40.0 Å². The minimum Gasteiger partial charge on any atom is -0.228 e. The first kappa shape index (κ1) is 20.5.